The van der Waals surface area contributed by atoms with Crippen LogP contribution in [0.25, 0.3) is 0 Å². The highest BCUT2D eigenvalue weighted by Crippen LogP contribution is 2.17. The molecule has 0 amide bonds. The Kier molecular flexibility index (Phi) is 4.54. The molecule has 0 bridgehead atoms. The summed E-state index contributed by atoms with van der Waals surface area (Å²) in [6.07, 6.45) is 5.34. The van der Waals surface area contributed by atoms with Crippen LogP contribution in [0.1, 0.15) is 31.9 Å². The van der Waals surface area contributed by atoms with E-state index in [9.17, 15) is 0 Å². The van der Waals surface area contributed by atoms with Gasteiger partial charge < -0.3 is 10.2 Å². The lowest BCUT2D eigenvalue weighted by atomic mass is 10.2. The second-order valence-corrected chi connectivity index (χ2v) is 4.75. The Morgan fingerprint density at radius 1 is 1.61 bits per heavy atom. The Labute approximate surface area is 109 Å². The molecule has 0 saturated carbocycles. The highest BCUT2D eigenvalue weighted by Gasteiger charge is 2.18. The summed E-state index contributed by atoms with van der Waals surface area (Å²) < 4.78 is 0. The first-order valence-corrected chi connectivity index (χ1v) is 6.68. The molecule has 1 unspecified atom stereocenters. The van der Waals surface area contributed by atoms with E-state index in [2.05, 4.69) is 28.2 Å². The van der Waals surface area contributed by atoms with Crippen LogP contribution in [0.2, 0.25) is 0 Å². The molecule has 4 heteroatoms. The second kappa shape index (κ2) is 6.36. The van der Waals surface area contributed by atoms with Crippen LogP contribution in [-0.2, 0) is 0 Å². The Morgan fingerprint density at radius 3 is 3.17 bits per heavy atom. The van der Waals surface area contributed by atoms with Crippen LogP contribution < -0.4 is 10.2 Å². The van der Waals surface area contributed by atoms with Crippen LogP contribution in [-0.4, -0.2) is 30.7 Å². The van der Waals surface area contributed by atoms with Crippen molar-refractivity contribution < 1.29 is 0 Å². The predicted molar refractivity (Wildman–Crippen MR) is 72.5 cm³/mol. The number of nitrogens with one attached hydrogen (secondary N) is 1. The first-order chi connectivity index (χ1) is 8.83. The molecule has 1 atom stereocenters. The molecule has 1 N–H and O–H groups in total. The minimum absolute atomic E-state index is 0.494. The van der Waals surface area contributed by atoms with Crippen LogP contribution in [0.15, 0.2) is 18.3 Å². The molecule has 1 fully saturated rings. The zero-order valence-corrected chi connectivity index (χ0v) is 10.9. The Bertz CT molecular complexity index is 418. The van der Waals surface area contributed by atoms with E-state index in [-0.39, 0.29) is 0 Å². The van der Waals surface area contributed by atoms with Crippen LogP contribution in [0, 0.1) is 11.3 Å². The summed E-state index contributed by atoms with van der Waals surface area (Å²) in [6.45, 7) is 5.35. The summed E-state index contributed by atoms with van der Waals surface area (Å²) in [5.41, 5.74) is 1.60. The third-order valence-electron chi connectivity index (χ3n) is 3.32. The van der Waals surface area contributed by atoms with E-state index in [1.807, 2.05) is 12.1 Å². The molecule has 96 valence electrons. The van der Waals surface area contributed by atoms with Crippen molar-refractivity contribution in [2.45, 2.75) is 32.2 Å². The summed E-state index contributed by atoms with van der Waals surface area (Å²) in [6, 6.07) is 6.55. The lowest BCUT2D eigenvalue weighted by molar-refractivity contribution is 0.578. The number of nitrogens with zero attached hydrogens (tertiary/aromatic N) is 3. The second-order valence-electron chi connectivity index (χ2n) is 4.75. The molecule has 0 radical (unpaired) electrons. The maximum Gasteiger partial charge on any atom is 0.142 e. The summed E-state index contributed by atoms with van der Waals surface area (Å²) in [5, 5.41) is 12.4. The van der Waals surface area contributed by atoms with Gasteiger partial charge in [0.2, 0.25) is 0 Å². The van der Waals surface area contributed by atoms with Gasteiger partial charge in [-0.2, -0.15) is 5.26 Å². The molecule has 0 spiro atoms. The minimum Gasteiger partial charge on any atom is -0.370 e. The van der Waals surface area contributed by atoms with E-state index in [1.54, 1.807) is 6.20 Å². The van der Waals surface area contributed by atoms with Crippen molar-refractivity contribution >= 4 is 5.69 Å². The third-order valence-corrected chi connectivity index (χ3v) is 3.32. The SMILES string of the molecule is CCCN(CC1CCCN1)c1ccnc(C#N)c1. The van der Waals surface area contributed by atoms with Crippen molar-refractivity contribution in [3.05, 3.63) is 24.0 Å². The first-order valence-electron chi connectivity index (χ1n) is 6.68. The smallest absolute Gasteiger partial charge is 0.142 e. The van der Waals surface area contributed by atoms with Crippen molar-refractivity contribution in [2.75, 3.05) is 24.5 Å². The van der Waals surface area contributed by atoms with Gasteiger partial charge in [-0.3, -0.25) is 0 Å². The number of hydrogen-bond acceptors (Lipinski definition) is 4. The van der Waals surface area contributed by atoms with E-state index < -0.39 is 0 Å². The maximum atomic E-state index is 8.91. The molecule has 1 aromatic rings. The zero-order chi connectivity index (χ0) is 12.8. The van der Waals surface area contributed by atoms with Crippen molar-refractivity contribution in [1.29, 1.82) is 5.26 Å². The summed E-state index contributed by atoms with van der Waals surface area (Å²) in [7, 11) is 0. The molecule has 2 rings (SSSR count). The molecule has 1 aliphatic rings. The predicted octanol–water partition coefficient (Wildman–Crippen LogP) is 1.92. The number of anilines is 1. The average molecular weight is 244 g/mol. The topological polar surface area (TPSA) is 52.0 Å². The van der Waals surface area contributed by atoms with Crippen LogP contribution in [0.5, 0.6) is 0 Å². The Balaban J connectivity index is 2.09. The van der Waals surface area contributed by atoms with Crippen molar-refractivity contribution in [3.63, 3.8) is 0 Å². The largest absolute Gasteiger partial charge is 0.370 e. The number of hydrogen-bond donors (Lipinski definition) is 1. The van der Waals surface area contributed by atoms with Crippen LogP contribution >= 0.6 is 0 Å². The van der Waals surface area contributed by atoms with Gasteiger partial charge in [0.15, 0.2) is 0 Å². The molecular formula is C14H20N4. The van der Waals surface area contributed by atoms with Gasteiger partial charge in [-0.25, -0.2) is 4.98 Å². The van der Waals surface area contributed by atoms with Gasteiger partial charge in [0, 0.05) is 31.0 Å². The monoisotopic (exact) mass is 244 g/mol. The highest BCUT2D eigenvalue weighted by atomic mass is 15.2. The van der Waals surface area contributed by atoms with Gasteiger partial charge in [0.1, 0.15) is 11.8 Å². The summed E-state index contributed by atoms with van der Waals surface area (Å²) in [5.74, 6) is 0. The van der Waals surface area contributed by atoms with Gasteiger partial charge >= 0.3 is 0 Å². The molecule has 18 heavy (non-hydrogen) atoms. The van der Waals surface area contributed by atoms with E-state index >= 15 is 0 Å². The summed E-state index contributed by atoms with van der Waals surface area (Å²) >= 11 is 0. The molecule has 4 nitrogen and oxygen atoms in total. The molecule has 2 heterocycles. The molecular weight excluding hydrogens is 224 g/mol. The number of nitriles is 1. The first kappa shape index (κ1) is 12.8. The van der Waals surface area contributed by atoms with E-state index in [4.69, 9.17) is 5.26 Å². The quantitative estimate of drug-likeness (QED) is 0.859. The van der Waals surface area contributed by atoms with Gasteiger partial charge in [0.05, 0.1) is 0 Å². The van der Waals surface area contributed by atoms with Gasteiger partial charge in [-0.1, -0.05) is 6.92 Å². The fourth-order valence-electron chi connectivity index (χ4n) is 2.45. The van der Waals surface area contributed by atoms with E-state index in [0.29, 0.717) is 11.7 Å². The standard InChI is InChI=1S/C14H20N4/c1-2-8-18(11-12-4-3-6-16-12)14-5-7-17-13(9-14)10-15/h5,7,9,12,16H,2-4,6,8,11H2,1H3. The van der Waals surface area contributed by atoms with Crippen LogP contribution in [0.3, 0.4) is 0 Å². The number of rotatable bonds is 5. The molecule has 0 aliphatic carbocycles. The number of aromatic nitrogens is 1. The third kappa shape index (κ3) is 3.21. The Morgan fingerprint density at radius 2 is 2.50 bits per heavy atom. The molecule has 1 aromatic heterocycles. The van der Waals surface area contributed by atoms with Gasteiger partial charge in [-0.05, 0) is 37.9 Å². The number of pyridine rings is 1. The highest BCUT2D eigenvalue weighted by molar-refractivity contribution is 5.48. The van der Waals surface area contributed by atoms with Gasteiger partial charge in [0.25, 0.3) is 0 Å². The van der Waals surface area contributed by atoms with Gasteiger partial charge in [-0.15, -0.1) is 0 Å². The van der Waals surface area contributed by atoms with Crippen molar-refractivity contribution in [3.8, 4) is 6.07 Å². The molecule has 0 aromatic carbocycles. The average Bonchev–Trinajstić information content (AvgIpc) is 2.91. The molecule has 1 aliphatic heterocycles. The Hall–Kier alpha value is -1.60. The van der Waals surface area contributed by atoms with E-state index in [1.165, 1.54) is 12.8 Å². The minimum atomic E-state index is 0.494. The lowest BCUT2D eigenvalue weighted by Crippen LogP contribution is -2.38. The fourth-order valence-corrected chi connectivity index (χ4v) is 2.45. The van der Waals surface area contributed by atoms with Crippen molar-refractivity contribution in [1.82, 2.24) is 10.3 Å². The zero-order valence-electron chi connectivity index (χ0n) is 10.9. The van der Waals surface area contributed by atoms with Crippen LogP contribution in [0.4, 0.5) is 5.69 Å². The van der Waals surface area contributed by atoms with E-state index in [0.717, 1.165) is 31.7 Å². The molecule has 1 saturated heterocycles. The maximum absolute atomic E-state index is 8.91. The summed E-state index contributed by atoms with van der Waals surface area (Å²) in [4.78, 5) is 6.38. The van der Waals surface area contributed by atoms with Crippen molar-refractivity contribution in [2.24, 2.45) is 0 Å². The normalized spacial score (nSPS) is 18.6. The fraction of sp³-hybridized carbons (Fsp3) is 0.571. The lowest BCUT2D eigenvalue weighted by Gasteiger charge is -2.27.